The van der Waals surface area contributed by atoms with Gasteiger partial charge in [0.2, 0.25) is 0 Å². The molecule has 0 aliphatic rings. The predicted octanol–water partition coefficient (Wildman–Crippen LogP) is 3.91. The van der Waals surface area contributed by atoms with Crippen LogP contribution in [0.2, 0.25) is 4.34 Å². The summed E-state index contributed by atoms with van der Waals surface area (Å²) in [7, 11) is -3.60. The fraction of sp³-hybridized carbons (Fsp3) is 0.455. The normalized spacial score (nSPS) is 13.0. The molecule has 0 atom stereocenters. The zero-order chi connectivity index (χ0) is 12.9. The van der Waals surface area contributed by atoms with Crippen molar-refractivity contribution in [3.8, 4) is 0 Å². The van der Waals surface area contributed by atoms with Crippen molar-refractivity contribution in [1.82, 2.24) is 0 Å². The van der Waals surface area contributed by atoms with Crippen molar-refractivity contribution in [2.75, 3.05) is 6.61 Å². The van der Waals surface area contributed by atoms with Gasteiger partial charge in [-0.3, -0.25) is 4.18 Å². The van der Waals surface area contributed by atoms with Crippen LogP contribution in [-0.2, 0) is 14.3 Å². The minimum Gasteiger partial charge on any atom is -0.267 e. The summed E-state index contributed by atoms with van der Waals surface area (Å²) in [5.74, 6) is 0. The Balaban J connectivity index is 2.74. The van der Waals surface area contributed by atoms with Crippen LogP contribution in [0.1, 0.15) is 31.6 Å². The van der Waals surface area contributed by atoms with E-state index in [0.717, 1.165) is 17.7 Å². The van der Waals surface area contributed by atoms with Crippen LogP contribution >= 0.6 is 22.9 Å². The molecule has 0 radical (unpaired) electrons. The molecular formula is C11H15ClO3S2. The molecular weight excluding hydrogens is 280 g/mol. The molecule has 17 heavy (non-hydrogen) atoms. The van der Waals surface area contributed by atoms with E-state index in [1.807, 2.05) is 6.92 Å². The van der Waals surface area contributed by atoms with Gasteiger partial charge in [-0.2, -0.15) is 8.42 Å². The molecule has 6 heteroatoms. The Hall–Kier alpha value is -0.360. The highest BCUT2D eigenvalue weighted by molar-refractivity contribution is 7.90. The average Bonchev–Trinajstić information content (AvgIpc) is 2.64. The van der Waals surface area contributed by atoms with Crippen LogP contribution in [0.5, 0.6) is 0 Å². The number of thiophene rings is 1. The van der Waals surface area contributed by atoms with Crippen molar-refractivity contribution in [2.24, 2.45) is 0 Å². The van der Waals surface area contributed by atoms with E-state index < -0.39 is 10.1 Å². The minimum atomic E-state index is -3.60. The highest BCUT2D eigenvalue weighted by Gasteiger charge is 2.14. The molecule has 0 N–H and O–H groups in total. The van der Waals surface area contributed by atoms with Crippen LogP contribution < -0.4 is 0 Å². The van der Waals surface area contributed by atoms with Crippen molar-refractivity contribution in [1.29, 1.82) is 0 Å². The summed E-state index contributed by atoms with van der Waals surface area (Å²) < 4.78 is 28.9. The highest BCUT2D eigenvalue weighted by Crippen LogP contribution is 2.24. The van der Waals surface area contributed by atoms with E-state index in [4.69, 9.17) is 15.8 Å². The minimum absolute atomic E-state index is 0.201. The van der Waals surface area contributed by atoms with E-state index in [-0.39, 0.29) is 11.5 Å². The number of rotatable bonds is 6. The van der Waals surface area contributed by atoms with Crippen LogP contribution in [0.25, 0.3) is 6.08 Å². The smallest absolute Gasteiger partial charge is 0.267 e. The Morgan fingerprint density at radius 3 is 2.76 bits per heavy atom. The summed E-state index contributed by atoms with van der Waals surface area (Å²) in [4.78, 5) is 1.00. The second-order valence-corrected chi connectivity index (χ2v) is 7.06. The maximum Gasteiger partial charge on any atom is 0.292 e. The molecule has 0 spiro atoms. The molecule has 1 rings (SSSR count). The summed E-state index contributed by atoms with van der Waals surface area (Å²) in [5, 5.41) is 0. The first-order valence-electron chi connectivity index (χ1n) is 5.29. The standard InChI is InChI=1S/C11H15ClO3S2/c1-3-4-7-15-17(13,14)9(2)8-10-5-6-11(12)16-10/h5-6,8H,3-4,7H2,1-2H3. The molecule has 0 unspecified atom stereocenters. The Morgan fingerprint density at radius 2 is 2.24 bits per heavy atom. The topological polar surface area (TPSA) is 43.4 Å². The van der Waals surface area contributed by atoms with Gasteiger partial charge in [-0.1, -0.05) is 24.9 Å². The third-order valence-corrected chi connectivity index (χ3v) is 4.63. The fourth-order valence-corrected chi connectivity index (χ4v) is 3.02. The second-order valence-electron chi connectivity index (χ2n) is 3.53. The van der Waals surface area contributed by atoms with Crippen molar-refractivity contribution in [3.63, 3.8) is 0 Å². The van der Waals surface area contributed by atoms with Crippen molar-refractivity contribution in [3.05, 3.63) is 26.3 Å². The van der Waals surface area contributed by atoms with Gasteiger partial charge in [-0.05, 0) is 31.6 Å². The van der Waals surface area contributed by atoms with Gasteiger partial charge in [-0.15, -0.1) is 11.3 Å². The quantitative estimate of drug-likeness (QED) is 0.590. The SMILES string of the molecule is CCCCOS(=O)(=O)C(C)=Cc1ccc(Cl)s1. The lowest BCUT2D eigenvalue weighted by atomic mass is 10.4. The molecule has 0 bridgehead atoms. The van der Waals surface area contributed by atoms with Crippen LogP contribution in [0.4, 0.5) is 0 Å². The molecule has 3 nitrogen and oxygen atoms in total. The van der Waals surface area contributed by atoms with Gasteiger partial charge in [0.05, 0.1) is 15.8 Å². The van der Waals surface area contributed by atoms with E-state index in [1.165, 1.54) is 18.3 Å². The largest absolute Gasteiger partial charge is 0.292 e. The maximum absolute atomic E-state index is 11.7. The monoisotopic (exact) mass is 294 g/mol. The van der Waals surface area contributed by atoms with E-state index >= 15 is 0 Å². The zero-order valence-electron chi connectivity index (χ0n) is 9.77. The first-order chi connectivity index (χ1) is 7.95. The summed E-state index contributed by atoms with van der Waals surface area (Å²) in [6.07, 6.45) is 3.20. The Morgan fingerprint density at radius 1 is 1.53 bits per heavy atom. The summed E-state index contributed by atoms with van der Waals surface area (Å²) in [5.41, 5.74) is 0. The first kappa shape index (κ1) is 14.7. The average molecular weight is 295 g/mol. The van der Waals surface area contributed by atoms with Gasteiger partial charge in [0, 0.05) is 4.88 Å². The fourth-order valence-electron chi connectivity index (χ4n) is 1.08. The van der Waals surface area contributed by atoms with E-state index in [1.54, 1.807) is 18.2 Å². The van der Waals surface area contributed by atoms with Gasteiger partial charge in [0.15, 0.2) is 0 Å². The molecule has 0 aliphatic carbocycles. The van der Waals surface area contributed by atoms with Gasteiger partial charge in [-0.25, -0.2) is 0 Å². The van der Waals surface area contributed by atoms with Crippen LogP contribution in [0.15, 0.2) is 17.0 Å². The van der Waals surface area contributed by atoms with E-state index in [9.17, 15) is 8.42 Å². The molecule has 0 saturated heterocycles. The first-order valence-corrected chi connectivity index (χ1v) is 7.89. The summed E-state index contributed by atoms with van der Waals surface area (Å²) in [6, 6.07) is 3.51. The number of halogens is 1. The molecule has 0 aromatic carbocycles. The third-order valence-electron chi connectivity index (χ3n) is 2.07. The number of allylic oxidation sites excluding steroid dienone is 1. The summed E-state index contributed by atoms with van der Waals surface area (Å²) in [6.45, 7) is 3.73. The van der Waals surface area contributed by atoms with Crippen molar-refractivity contribution >= 4 is 39.1 Å². The van der Waals surface area contributed by atoms with Crippen LogP contribution in [0.3, 0.4) is 0 Å². The molecule has 1 aromatic heterocycles. The van der Waals surface area contributed by atoms with Gasteiger partial charge >= 0.3 is 0 Å². The molecule has 0 saturated carbocycles. The Bertz CT molecular complexity index is 489. The van der Waals surface area contributed by atoms with Crippen LogP contribution in [0, 0.1) is 0 Å². The Kier molecular flexibility index (Phi) is 5.66. The van der Waals surface area contributed by atoms with Gasteiger partial charge in [0.25, 0.3) is 10.1 Å². The number of hydrogen-bond donors (Lipinski definition) is 0. The van der Waals surface area contributed by atoms with E-state index in [2.05, 4.69) is 0 Å². The highest BCUT2D eigenvalue weighted by atomic mass is 35.5. The molecule has 0 fully saturated rings. The lowest BCUT2D eigenvalue weighted by molar-refractivity contribution is 0.315. The second kappa shape index (κ2) is 6.54. The molecule has 0 amide bonds. The van der Waals surface area contributed by atoms with Crippen LogP contribution in [-0.4, -0.2) is 15.0 Å². The van der Waals surface area contributed by atoms with Gasteiger partial charge in [0.1, 0.15) is 0 Å². The maximum atomic E-state index is 11.7. The molecule has 0 aliphatic heterocycles. The zero-order valence-corrected chi connectivity index (χ0v) is 12.2. The lowest BCUT2D eigenvalue weighted by Gasteiger charge is -2.04. The van der Waals surface area contributed by atoms with E-state index in [0.29, 0.717) is 4.34 Å². The van der Waals surface area contributed by atoms with Gasteiger partial charge < -0.3 is 0 Å². The Labute approximate surface area is 111 Å². The predicted molar refractivity (Wildman–Crippen MR) is 72.8 cm³/mol. The molecule has 1 heterocycles. The van der Waals surface area contributed by atoms with Crippen molar-refractivity contribution < 1.29 is 12.6 Å². The lowest BCUT2D eigenvalue weighted by Crippen LogP contribution is -2.07. The summed E-state index contributed by atoms with van der Waals surface area (Å²) >= 11 is 7.10. The molecule has 96 valence electrons. The van der Waals surface area contributed by atoms with Crippen molar-refractivity contribution in [2.45, 2.75) is 26.7 Å². The number of hydrogen-bond acceptors (Lipinski definition) is 4. The molecule has 1 aromatic rings. The third kappa shape index (κ3) is 4.79. The number of unbranched alkanes of at least 4 members (excludes halogenated alkanes) is 1.